The molecule has 2 aromatic rings. The van der Waals surface area contributed by atoms with Crippen molar-refractivity contribution >= 4 is 11.6 Å². The molecule has 1 amide bonds. The van der Waals surface area contributed by atoms with Crippen molar-refractivity contribution in [2.45, 2.75) is 40.0 Å². The fraction of sp³-hybridized carbons (Fsp3) is 0.318. The van der Waals surface area contributed by atoms with Crippen molar-refractivity contribution in [3.63, 3.8) is 0 Å². The Bertz CT molecular complexity index is 825. The summed E-state index contributed by atoms with van der Waals surface area (Å²) in [6.45, 7) is 9.88. The first-order valence-electron chi connectivity index (χ1n) is 8.99. The zero-order chi connectivity index (χ0) is 19.3. The zero-order valence-electron chi connectivity index (χ0n) is 16.1. The summed E-state index contributed by atoms with van der Waals surface area (Å²) in [7, 11) is 1.70. The van der Waals surface area contributed by atoms with E-state index in [2.05, 4.69) is 37.9 Å². The van der Waals surface area contributed by atoms with Crippen molar-refractivity contribution in [1.82, 2.24) is 0 Å². The van der Waals surface area contributed by atoms with Gasteiger partial charge in [0, 0.05) is 0 Å². The van der Waals surface area contributed by atoms with Gasteiger partial charge in [-0.2, -0.15) is 0 Å². The fourth-order valence-electron chi connectivity index (χ4n) is 3.47. The molecule has 0 saturated heterocycles. The third kappa shape index (κ3) is 3.74. The van der Waals surface area contributed by atoms with Crippen LogP contribution in [0.1, 0.15) is 47.3 Å². The smallest absolute Gasteiger partial charge is 0.251 e. The molecular formula is C22H28N2O2. The predicted octanol–water partition coefficient (Wildman–Crippen LogP) is 4.84. The molecule has 0 aromatic heterocycles. The summed E-state index contributed by atoms with van der Waals surface area (Å²) >= 11 is 0. The summed E-state index contributed by atoms with van der Waals surface area (Å²) in [5.41, 5.74) is 12.2. The van der Waals surface area contributed by atoms with Crippen molar-refractivity contribution < 1.29 is 9.53 Å². The Morgan fingerprint density at radius 2 is 2.04 bits per heavy atom. The highest BCUT2D eigenvalue weighted by molar-refractivity contribution is 6.02. The third-order valence-electron chi connectivity index (χ3n) is 4.59. The van der Waals surface area contributed by atoms with Crippen molar-refractivity contribution in [2.24, 2.45) is 5.73 Å². The number of ether oxygens (including phenoxy) is 1. The molecule has 0 aliphatic rings. The summed E-state index contributed by atoms with van der Waals surface area (Å²) in [4.78, 5) is 12.0. The molecule has 4 nitrogen and oxygen atoms in total. The first kappa shape index (κ1) is 19.6. The Balaban J connectivity index is 2.75. The second-order valence-electron chi connectivity index (χ2n) is 6.31. The van der Waals surface area contributed by atoms with Gasteiger partial charge in [-0.3, -0.25) is 4.79 Å². The highest BCUT2D eigenvalue weighted by Crippen LogP contribution is 2.37. The van der Waals surface area contributed by atoms with E-state index in [0.29, 0.717) is 5.56 Å². The van der Waals surface area contributed by atoms with Crippen LogP contribution >= 0.6 is 0 Å². The summed E-state index contributed by atoms with van der Waals surface area (Å²) in [5, 5.41) is 3.13. The number of nitrogens with two attached hydrogens (primary N) is 1. The Morgan fingerprint density at radius 1 is 1.31 bits per heavy atom. The number of nitrogens with one attached hydrogen (secondary N) is 1. The lowest BCUT2D eigenvalue weighted by atomic mass is 9.89. The van der Waals surface area contributed by atoms with Crippen molar-refractivity contribution in [1.29, 1.82) is 0 Å². The minimum atomic E-state index is -0.436. The molecule has 3 N–H and O–H groups in total. The second kappa shape index (κ2) is 8.56. The van der Waals surface area contributed by atoms with Gasteiger partial charge >= 0.3 is 0 Å². The number of hydrogen-bond acceptors (Lipinski definition) is 3. The van der Waals surface area contributed by atoms with E-state index in [1.165, 1.54) is 5.56 Å². The van der Waals surface area contributed by atoms with Crippen LogP contribution in [0.3, 0.4) is 0 Å². The SMILES string of the molecule is C=CNc1c(CC)c(-c2ccc(OC)c(CCC)c2)cc(C)c1C(N)=O. The van der Waals surface area contributed by atoms with Gasteiger partial charge in [0.2, 0.25) is 0 Å². The first-order valence-corrected chi connectivity index (χ1v) is 8.99. The molecule has 0 atom stereocenters. The maximum atomic E-state index is 12.0. The van der Waals surface area contributed by atoms with E-state index >= 15 is 0 Å². The van der Waals surface area contributed by atoms with Crippen LogP contribution < -0.4 is 15.8 Å². The summed E-state index contributed by atoms with van der Waals surface area (Å²) < 4.78 is 5.50. The molecule has 138 valence electrons. The van der Waals surface area contributed by atoms with Crippen LogP contribution in [0.15, 0.2) is 37.0 Å². The van der Waals surface area contributed by atoms with E-state index in [1.54, 1.807) is 13.3 Å². The van der Waals surface area contributed by atoms with Crippen LogP contribution in [0.25, 0.3) is 11.1 Å². The summed E-state index contributed by atoms with van der Waals surface area (Å²) in [6, 6.07) is 8.30. The average Bonchev–Trinajstić information content (AvgIpc) is 2.61. The van der Waals surface area contributed by atoms with E-state index in [-0.39, 0.29) is 0 Å². The maximum Gasteiger partial charge on any atom is 0.251 e. The van der Waals surface area contributed by atoms with Crippen LogP contribution in [-0.2, 0) is 12.8 Å². The molecule has 2 aromatic carbocycles. The van der Waals surface area contributed by atoms with E-state index in [4.69, 9.17) is 10.5 Å². The van der Waals surface area contributed by atoms with Gasteiger partial charge in [-0.1, -0.05) is 39.0 Å². The molecule has 0 spiro atoms. The van der Waals surface area contributed by atoms with Crippen LogP contribution in [-0.4, -0.2) is 13.0 Å². The number of anilines is 1. The number of benzene rings is 2. The van der Waals surface area contributed by atoms with E-state index < -0.39 is 5.91 Å². The maximum absolute atomic E-state index is 12.0. The Morgan fingerprint density at radius 3 is 2.58 bits per heavy atom. The van der Waals surface area contributed by atoms with Gasteiger partial charge in [-0.15, -0.1) is 0 Å². The van der Waals surface area contributed by atoms with Gasteiger partial charge in [-0.25, -0.2) is 0 Å². The summed E-state index contributed by atoms with van der Waals surface area (Å²) in [5.74, 6) is 0.470. The first-order chi connectivity index (χ1) is 12.5. The van der Waals surface area contributed by atoms with Gasteiger partial charge in [-0.05, 0) is 65.9 Å². The number of carbonyl (C=O) groups excluding carboxylic acids is 1. The third-order valence-corrected chi connectivity index (χ3v) is 4.59. The Kier molecular flexibility index (Phi) is 6.45. The lowest BCUT2D eigenvalue weighted by Crippen LogP contribution is -2.17. The minimum absolute atomic E-state index is 0.436. The predicted molar refractivity (Wildman–Crippen MR) is 109 cm³/mol. The molecule has 2 rings (SSSR count). The number of methoxy groups -OCH3 is 1. The molecule has 0 heterocycles. The van der Waals surface area contributed by atoms with Crippen LogP contribution in [0.2, 0.25) is 0 Å². The molecule has 0 aliphatic heterocycles. The lowest BCUT2D eigenvalue weighted by molar-refractivity contribution is 0.100. The normalized spacial score (nSPS) is 10.5. The molecular weight excluding hydrogens is 324 g/mol. The number of amides is 1. The van der Waals surface area contributed by atoms with Gasteiger partial charge in [0.25, 0.3) is 5.91 Å². The molecule has 26 heavy (non-hydrogen) atoms. The van der Waals surface area contributed by atoms with Crippen molar-refractivity contribution in [2.75, 3.05) is 12.4 Å². The van der Waals surface area contributed by atoms with Crippen LogP contribution in [0.5, 0.6) is 5.75 Å². The zero-order valence-corrected chi connectivity index (χ0v) is 16.1. The van der Waals surface area contributed by atoms with Crippen LogP contribution in [0, 0.1) is 6.92 Å². The largest absolute Gasteiger partial charge is 0.496 e. The van der Waals surface area contributed by atoms with Gasteiger partial charge in [0.15, 0.2) is 0 Å². The molecule has 0 fully saturated rings. The molecule has 0 unspecified atom stereocenters. The Labute approximate surface area is 156 Å². The molecule has 0 bridgehead atoms. The van der Waals surface area contributed by atoms with E-state index in [1.807, 2.05) is 19.1 Å². The van der Waals surface area contributed by atoms with E-state index in [0.717, 1.165) is 53.0 Å². The standard InChI is InChI=1S/C22H28N2O2/c1-6-9-16-13-15(10-11-19(16)26-5)18-12-14(4)20(22(23)25)21(24-8-3)17(18)7-2/h8,10-13,24H,3,6-7,9H2,1-2,4-5H3,(H2,23,25). The second-order valence-corrected chi connectivity index (χ2v) is 6.31. The van der Waals surface area contributed by atoms with Gasteiger partial charge in [0.05, 0.1) is 18.4 Å². The highest BCUT2D eigenvalue weighted by atomic mass is 16.5. The quantitative estimate of drug-likeness (QED) is 0.714. The number of primary amides is 1. The number of carbonyl (C=O) groups is 1. The van der Waals surface area contributed by atoms with Crippen LogP contribution in [0.4, 0.5) is 5.69 Å². The molecule has 0 aliphatic carbocycles. The minimum Gasteiger partial charge on any atom is -0.496 e. The van der Waals surface area contributed by atoms with Crippen molar-refractivity contribution in [3.05, 3.63) is 59.3 Å². The molecule has 0 radical (unpaired) electrons. The highest BCUT2D eigenvalue weighted by Gasteiger charge is 2.19. The molecule has 4 heteroatoms. The summed E-state index contributed by atoms with van der Waals surface area (Å²) in [6.07, 6.45) is 4.35. The average molecular weight is 352 g/mol. The number of aryl methyl sites for hydroxylation is 2. The van der Waals surface area contributed by atoms with Gasteiger partial charge in [0.1, 0.15) is 5.75 Å². The van der Waals surface area contributed by atoms with Gasteiger partial charge < -0.3 is 15.8 Å². The molecule has 0 saturated carbocycles. The van der Waals surface area contributed by atoms with Crippen molar-refractivity contribution in [3.8, 4) is 16.9 Å². The fourth-order valence-corrected chi connectivity index (χ4v) is 3.47. The van der Waals surface area contributed by atoms with E-state index in [9.17, 15) is 4.79 Å². The number of rotatable bonds is 8. The Hall–Kier alpha value is -2.75. The topological polar surface area (TPSA) is 64.3 Å². The lowest BCUT2D eigenvalue weighted by Gasteiger charge is -2.20. The monoisotopic (exact) mass is 352 g/mol. The number of hydrogen-bond donors (Lipinski definition) is 2.